The minimum absolute atomic E-state index is 0.101. The molecule has 7 heteroatoms. The first-order valence-corrected chi connectivity index (χ1v) is 11.4. The van der Waals surface area contributed by atoms with E-state index in [1.165, 1.54) is 22.5 Å². The molecule has 1 fully saturated rings. The number of rotatable bonds is 9. The van der Waals surface area contributed by atoms with Crippen LogP contribution < -0.4 is 10.3 Å². The normalized spacial score (nSPS) is 14.8. The first kappa shape index (κ1) is 22.9. The van der Waals surface area contributed by atoms with E-state index in [1.54, 1.807) is 0 Å². The summed E-state index contributed by atoms with van der Waals surface area (Å²) in [6.45, 7) is 8.77. The van der Waals surface area contributed by atoms with Crippen molar-refractivity contribution in [2.45, 2.75) is 26.6 Å². The first-order valence-electron chi connectivity index (χ1n) is 11.4. The fourth-order valence-corrected chi connectivity index (χ4v) is 3.90. The molecule has 0 N–H and O–H groups in total. The highest BCUT2D eigenvalue weighted by atomic mass is 16.5. The molecule has 2 heterocycles. The van der Waals surface area contributed by atoms with Crippen LogP contribution in [0.25, 0.3) is 0 Å². The van der Waals surface area contributed by atoms with Crippen molar-refractivity contribution >= 4 is 5.78 Å². The molecule has 0 unspecified atom stereocenters. The molecule has 7 nitrogen and oxygen atoms in total. The van der Waals surface area contributed by atoms with E-state index < -0.39 is 0 Å². The summed E-state index contributed by atoms with van der Waals surface area (Å²) in [6, 6.07) is 18.7. The molecule has 0 amide bonds. The largest absolute Gasteiger partial charge is 0.487 e. The maximum Gasteiger partial charge on any atom is 0.270 e. The van der Waals surface area contributed by atoms with Gasteiger partial charge in [0.25, 0.3) is 5.56 Å². The molecule has 0 aliphatic carbocycles. The number of carbonyl (C=O) groups excluding carboxylic acids is 1. The molecule has 1 aliphatic rings. The van der Waals surface area contributed by atoms with E-state index in [9.17, 15) is 9.59 Å². The van der Waals surface area contributed by atoms with E-state index >= 15 is 0 Å². The van der Waals surface area contributed by atoms with Crippen LogP contribution in [0.2, 0.25) is 0 Å². The Morgan fingerprint density at radius 2 is 1.64 bits per heavy atom. The van der Waals surface area contributed by atoms with E-state index in [0.717, 1.165) is 44.8 Å². The van der Waals surface area contributed by atoms with Gasteiger partial charge in [-0.25, -0.2) is 4.68 Å². The minimum atomic E-state index is -0.364. The van der Waals surface area contributed by atoms with E-state index in [1.807, 2.05) is 54.6 Å². The Kier molecular flexibility index (Phi) is 7.65. The predicted molar refractivity (Wildman–Crippen MR) is 127 cm³/mol. The molecule has 2 aromatic carbocycles. The van der Waals surface area contributed by atoms with Gasteiger partial charge < -0.3 is 9.64 Å². The highest BCUT2D eigenvalue weighted by molar-refractivity contribution is 5.95. The fourth-order valence-electron chi connectivity index (χ4n) is 3.90. The number of ether oxygens (including phenoxy) is 1. The molecule has 0 atom stereocenters. The average Bonchev–Trinajstić information content (AvgIpc) is 2.86. The van der Waals surface area contributed by atoms with Gasteiger partial charge in [0, 0.05) is 44.4 Å². The lowest BCUT2D eigenvalue weighted by Crippen LogP contribution is -2.45. The second-order valence-corrected chi connectivity index (χ2v) is 8.29. The zero-order valence-corrected chi connectivity index (χ0v) is 19.0. The summed E-state index contributed by atoms with van der Waals surface area (Å²) in [5.41, 5.74) is 2.40. The minimum Gasteiger partial charge on any atom is -0.487 e. The van der Waals surface area contributed by atoms with Crippen LogP contribution in [-0.2, 0) is 19.7 Å². The number of likely N-dealkylation sites (N-methyl/N-ethyl adjacent to an activating group) is 1. The molecule has 1 aromatic heterocycles. The van der Waals surface area contributed by atoms with Crippen molar-refractivity contribution in [2.24, 2.45) is 0 Å². The van der Waals surface area contributed by atoms with Crippen molar-refractivity contribution in [1.82, 2.24) is 19.6 Å². The summed E-state index contributed by atoms with van der Waals surface area (Å²) in [6.07, 6.45) is 1.47. The van der Waals surface area contributed by atoms with Gasteiger partial charge in [0.15, 0.2) is 5.78 Å². The monoisotopic (exact) mass is 446 g/mol. The van der Waals surface area contributed by atoms with E-state index in [-0.39, 0.29) is 17.9 Å². The van der Waals surface area contributed by atoms with Crippen LogP contribution in [0.3, 0.4) is 0 Å². The van der Waals surface area contributed by atoms with Gasteiger partial charge >= 0.3 is 0 Å². The Morgan fingerprint density at radius 1 is 0.939 bits per heavy atom. The molecule has 0 radical (unpaired) electrons. The first-order chi connectivity index (χ1) is 16.1. The zero-order chi connectivity index (χ0) is 23.0. The Morgan fingerprint density at radius 3 is 2.30 bits per heavy atom. The summed E-state index contributed by atoms with van der Waals surface area (Å²) in [5, 5.41) is 4.11. The Hall–Kier alpha value is -3.29. The van der Waals surface area contributed by atoms with Gasteiger partial charge in [0.1, 0.15) is 18.9 Å². The lowest BCUT2D eigenvalue weighted by molar-refractivity contribution is 0.0965. The Balaban J connectivity index is 1.31. The molecule has 0 spiro atoms. The molecule has 1 saturated heterocycles. The molecular formula is C26H30N4O3. The van der Waals surface area contributed by atoms with Crippen molar-refractivity contribution < 1.29 is 9.53 Å². The van der Waals surface area contributed by atoms with E-state index in [0.29, 0.717) is 17.9 Å². The molecule has 172 valence electrons. The maximum atomic E-state index is 12.7. The summed E-state index contributed by atoms with van der Waals surface area (Å²) in [5.74, 6) is 0.238. The van der Waals surface area contributed by atoms with Crippen molar-refractivity contribution in [1.29, 1.82) is 0 Å². The van der Waals surface area contributed by atoms with Gasteiger partial charge in [-0.05, 0) is 17.7 Å². The van der Waals surface area contributed by atoms with Gasteiger partial charge in [0.2, 0.25) is 0 Å². The molecule has 1 aliphatic heterocycles. The van der Waals surface area contributed by atoms with Crippen molar-refractivity contribution in [3.8, 4) is 5.75 Å². The van der Waals surface area contributed by atoms with Gasteiger partial charge in [-0.1, -0.05) is 61.5 Å². The summed E-state index contributed by atoms with van der Waals surface area (Å²) >= 11 is 0. The molecular weight excluding hydrogens is 416 g/mol. The van der Waals surface area contributed by atoms with Gasteiger partial charge in [-0.2, -0.15) is 5.10 Å². The number of hydrogen-bond donors (Lipinski definition) is 0. The van der Waals surface area contributed by atoms with Crippen molar-refractivity contribution in [3.05, 3.63) is 93.9 Å². The Labute approximate surface area is 194 Å². The topological polar surface area (TPSA) is 67.7 Å². The van der Waals surface area contributed by atoms with Crippen LogP contribution >= 0.6 is 0 Å². The summed E-state index contributed by atoms with van der Waals surface area (Å²) < 4.78 is 6.80. The SMILES string of the molecule is CCN1CCN(Cc2ccc(C(=O)Cn3ncc(OCc4ccccc4)cc3=O)cc2)CC1. The van der Waals surface area contributed by atoms with Gasteiger partial charge in [0.05, 0.1) is 6.20 Å². The number of hydrogen-bond acceptors (Lipinski definition) is 6. The van der Waals surface area contributed by atoms with Gasteiger partial charge in [-0.3, -0.25) is 14.5 Å². The lowest BCUT2D eigenvalue weighted by Gasteiger charge is -2.34. The number of benzene rings is 2. The standard InChI is InChI=1S/C26H30N4O3/c1-2-28-12-14-29(15-13-28)18-21-8-10-23(11-9-21)25(31)19-30-26(32)16-24(17-27-30)33-20-22-6-4-3-5-7-22/h3-11,16-17H,2,12-15,18-20H2,1H3. The fraction of sp³-hybridized carbons (Fsp3) is 0.346. The van der Waals surface area contributed by atoms with Crippen LogP contribution in [-0.4, -0.2) is 58.1 Å². The van der Waals surface area contributed by atoms with Crippen LogP contribution in [0.5, 0.6) is 5.75 Å². The highest BCUT2D eigenvalue weighted by Gasteiger charge is 2.16. The average molecular weight is 447 g/mol. The molecule has 3 aromatic rings. The molecule has 4 rings (SSSR count). The third-order valence-electron chi connectivity index (χ3n) is 5.98. The Bertz CT molecular complexity index is 1100. The van der Waals surface area contributed by atoms with E-state index in [2.05, 4.69) is 21.8 Å². The smallest absolute Gasteiger partial charge is 0.270 e. The third-order valence-corrected chi connectivity index (χ3v) is 5.98. The zero-order valence-electron chi connectivity index (χ0n) is 19.0. The van der Waals surface area contributed by atoms with Crippen LogP contribution in [0.1, 0.15) is 28.4 Å². The maximum absolute atomic E-state index is 12.7. The van der Waals surface area contributed by atoms with Gasteiger partial charge in [-0.15, -0.1) is 0 Å². The molecule has 33 heavy (non-hydrogen) atoms. The quantitative estimate of drug-likeness (QED) is 0.471. The third kappa shape index (κ3) is 6.37. The highest BCUT2D eigenvalue weighted by Crippen LogP contribution is 2.12. The van der Waals surface area contributed by atoms with Crippen LogP contribution in [0.15, 0.2) is 71.7 Å². The second kappa shape index (κ2) is 11.0. The van der Waals surface area contributed by atoms with Crippen LogP contribution in [0, 0.1) is 0 Å². The predicted octanol–water partition coefficient (Wildman–Crippen LogP) is 2.84. The number of aromatic nitrogens is 2. The molecule has 0 saturated carbocycles. The summed E-state index contributed by atoms with van der Waals surface area (Å²) in [7, 11) is 0. The van der Waals surface area contributed by atoms with Crippen molar-refractivity contribution in [2.75, 3.05) is 32.7 Å². The number of nitrogens with zero attached hydrogens (tertiary/aromatic N) is 4. The lowest BCUT2D eigenvalue weighted by atomic mass is 10.1. The van der Waals surface area contributed by atoms with Crippen LogP contribution in [0.4, 0.5) is 0 Å². The number of piperazine rings is 1. The number of ketones is 1. The number of carbonyl (C=O) groups is 1. The number of Topliss-reactive ketones (excluding diaryl/α,β-unsaturated/α-hetero) is 1. The second-order valence-electron chi connectivity index (χ2n) is 8.29. The molecule has 0 bridgehead atoms. The van der Waals surface area contributed by atoms with Crippen molar-refractivity contribution in [3.63, 3.8) is 0 Å². The summed E-state index contributed by atoms with van der Waals surface area (Å²) in [4.78, 5) is 30.0. The van der Waals surface area contributed by atoms with E-state index in [4.69, 9.17) is 4.74 Å².